The minimum atomic E-state index is -0.254. The van der Waals surface area contributed by atoms with Gasteiger partial charge in [-0.1, -0.05) is 26.8 Å². The van der Waals surface area contributed by atoms with E-state index in [0.717, 1.165) is 28.9 Å². The minimum Gasteiger partial charge on any atom is -0.454 e. The summed E-state index contributed by atoms with van der Waals surface area (Å²) < 4.78 is 10.6. The van der Waals surface area contributed by atoms with Crippen LogP contribution < -0.4 is 19.7 Å². The molecule has 0 fully saturated rings. The molecule has 2 aliphatic heterocycles. The molecule has 0 aliphatic carbocycles. The summed E-state index contributed by atoms with van der Waals surface area (Å²) in [6, 6.07) is 11.2. The van der Waals surface area contributed by atoms with Crippen molar-refractivity contribution in [2.75, 3.05) is 23.6 Å². The number of nitrogens with one attached hydrogen (secondary N) is 1. The van der Waals surface area contributed by atoms with Gasteiger partial charge < -0.3 is 14.4 Å². The Morgan fingerprint density at radius 2 is 1.94 bits per heavy atom. The fourth-order valence-corrected chi connectivity index (χ4v) is 4.75. The summed E-state index contributed by atoms with van der Waals surface area (Å²) >= 11 is 1.37. The van der Waals surface area contributed by atoms with E-state index in [1.54, 1.807) is 18.2 Å². The monoisotopic (exact) mass is 463 g/mol. The molecular formula is C25H25N3O4S. The number of carbonyl (C=O) groups is 2. The van der Waals surface area contributed by atoms with Crippen LogP contribution in [0, 0.1) is 5.41 Å². The van der Waals surface area contributed by atoms with Crippen molar-refractivity contribution in [1.29, 1.82) is 0 Å². The number of ether oxygens (including phenoxy) is 2. The lowest BCUT2D eigenvalue weighted by Gasteiger charge is -2.23. The van der Waals surface area contributed by atoms with Gasteiger partial charge in [-0.05, 0) is 47.7 Å². The third-order valence-corrected chi connectivity index (χ3v) is 6.37. The van der Waals surface area contributed by atoms with Gasteiger partial charge in [0.15, 0.2) is 16.6 Å². The Morgan fingerprint density at radius 3 is 2.76 bits per heavy atom. The lowest BCUT2D eigenvalue weighted by molar-refractivity contribution is -0.120. The Morgan fingerprint density at radius 1 is 1.12 bits per heavy atom. The molecule has 8 heteroatoms. The second-order valence-electron chi connectivity index (χ2n) is 9.44. The number of fused-ring (bicyclic) bond motifs is 2. The van der Waals surface area contributed by atoms with Gasteiger partial charge in [0.25, 0.3) is 5.91 Å². The predicted octanol–water partition coefficient (Wildman–Crippen LogP) is 5.12. The molecule has 0 atom stereocenters. The van der Waals surface area contributed by atoms with Crippen molar-refractivity contribution in [2.24, 2.45) is 5.41 Å². The van der Waals surface area contributed by atoms with E-state index >= 15 is 0 Å². The SMILES string of the molecule is CC(C)(C)CC(=O)N1CCc2cc(-c3csc(NC(=O)c4ccc5c(c4)OCO5)n3)ccc21. The Balaban J connectivity index is 1.29. The largest absolute Gasteiger partial charge is 0.454 e. The lowest BCUT2D eigenvalue weighted by Crippen LogP contribution is -2.31. The van der Waals surface area contributed by atoms with Gasteiger partial charge in [0.05, 0.1) is 5.69 Å². The molecule has 2 aliphatic rings. The van der Waals surface area contributed by atoms with E-state index in [1.807, 2.05) is 22.4 Å². The van der Waals surface area contributed by atoms with Crippen LogP contribution in [-0.4, -0.2) is 30.1 Å². The number of thiazole rings is 1. The van der Waals surface area contributed by atoms with Crippen molar-refractivity contribution in [1.82, 2.24) is 4.98 Å². The first kappa shape index (κ1) is 21.5. The van der Waals surface area contributed by atoms with Gasteiger partial charge in [-0.3, -0.25) is 14.9 Å². The fraction of sp³-hybridized carbons (Fsp3) is 0.320. The Hall–Kier alpha value is -3.39. The summed E-state index contributed by atoms with van der Waals surface area (Å²) in [5.41, 5.74) is 4.34. The van der Waals surface area contributed by atoms with E-state index in [4.69, 9.17) is 9.47 Å². The highest BCUT2D eigenvalue weighted by Crippen LogP contribution is 2.36. The highest BCUT2D eigenvalue weighted by Gasteiger charge is 2.28. The van der Waals surface area contributed by atoms with Crippen LogP contribution in [0.5, 0.6) is 11.5 Å². The molecule has 33 heavy (non-hydrogen) atoms. The molecular weight excluding hydrogens is 438 g/mol. The summed E-state index contributed by atoms with van der Waals surface area (Å²) in [5.74, 6) is 1.11. The first-order valence-corrected chi connectivity index (χ1v) is 11.7. The summed E-state index contributed by atoms with van der Waals surface area (Å²) in [7, 11) is 0. The quantitative estimate of drug-likeness (QED) is 0.581. The highest BCUT2D eigenvalue weighted by molar-refractivity contribution is 7.14. The Bertz CT molecular complexity index is 1240. The van der Waals surface area contributed by atoms with E-state index in [1.165, 1.54) is 11.3 Å². The zero-order valence-electron chi connectivity index (χ0n) is 18.8. The van der Waals surface area contributed by atoms with E-state index in [-0.39, 0.29) is 24.0 Å². The summed E-state index contributed by atoms with van der Waals surface area (Å²) in [6.07, 6.45) is 1.35. The van der Waals surface area contributed by atoms with Crippen molar-refractivity contribution in [3.8, 4) is 22.8 Å². The summed E-state index contributed by atoms with van der Waals surface area (Å²) in [4.78, 5) is 31.8. The third kappa shape index (κ3) is 4.43. The molecule has 0 unspecified atom stereocenters. The fourth-order valence-electron chi connectivity index (χ4n) is 4.04. The maximum atomic E-state index is 12.7. The molecule has 0 spiro atoms. The molecule has 5 rings (SSSR count). The van der Waals surface area contributed by atoms with E-state index < -0.39 is 0 Å². The van der Waals surface area contributed by atoms with Crippen LogP contribution in [0.15, 0.2) is 41.8 Å². The molecule has 2 aromatic carbocycles. The zero-order chi connectivity index (χ0) is 23.2. The van der Waals surface area contributed by atoms with Crippen LogP contribution in [0.1, 0.15) is 43.1 Å². The first-order chi connectivity index (χ1) is 15.8. The number of rotatable bonds is 4. The van der Waals surface area contributed by atoms with E-state index in [0.29, 0.717) is 35.2 Å². The molecule has 3 heterocycles. The van der Waals surface area contributed by atoms with E-state index in [9.17, 15) is 9.59 Å². The number of hydrogen-bond donors (Lipinski definition) is 1. The molecule has 1 N–H and O–H groups in total. The lowest BCUT2D eigenvalue weighted by atomic mass is 9.91. The Labute approximate surface area is 196 Å². The number of aromatic nitrogens is 1. The number of benzene rings is 2. The molecule has 1 aromatic heterocycles. The van der Waals surface area contributed by atoms with Gasteiger partial charge in [-0.2, -0.15) is 0 Å². The average molecular weight is 464 g/mol. The van der Waals surface area contributed by atoms with Crippen molar-refractivity contribution in [2.45, 2.75) is 33.6 Å². The van der Waals surface area contributed by atoms with Crippen molar-refractivity contribution in [3.05, 3.63) is 52.9 Å². The number of amides is 2. The van der Waals surface area contributed by atoms with Crippen molar-refractivity contribution < 1.29 is 19.1 Å². The normalized spacial score (nSPS) is 14.3. The first-order valence-electron chi connectivity index (χ1n) is 10.9. The average Bonchev–Trinajstić information content (AvgIpc) is 3.50. The van der Waals surface area contributed by atoms with Crippen LogP contribution in [0.25, 0.3) is 11.3 Å². The molecule has 0 saturated carbocycles. The van der Waals surface area contributed by atoms with Crippen LogP contribution >= 0.6 is 11.3 Å². The number of anilines is 2. The Kier molecular flexibility index (Phi) is 5.32. The molecule has 0 saturated heterocycles. The second kappa shape index (κ2) is 8.19. The number of hydrogen-bond acceptors (Lipinski definition) is 6. The zero-order valence-corrected chi connectivity index (χ0v) is 19.6. The predicted molar refractivity (Wildman–Crippen MR) is 128 cm³/mol. The van der Waals surface area contributed by atoms with Gasteiger partial charge in [0, 0.05) is 35.2 Å². The van der Waals surface area contributed by atoms with Gasteiger partial charge in [-0.15, -0.1) is 11.3 Å². The maximum Gasteiger partial charge on any atom is 0.257 e. The molecule has 7 nitrogen and oxygen atoms in total. The van der Waals surface area contributed by atoms with E-state index in [2.05, 4.69) is 37.1 Å². The molecule has 0 radical (unpaired) electrons. The molecule has 170 valence electrons. The van der Waals surface area contributed by atoms with Crippen LogP contribution in [0.4, 0.5) is 10.8 Å². The van der Waals surface area contributed by atoms with Gasteiger partial charge >= 0.3 is 0 Å². The smallest absolute Gasteiger partial charge is 0.257 e. The summed E-state index contributed by atoms with van der Waals surface area (Å²) in [6.45, 7) is 7.11. The standard InChI is InChI=1S/C25H25N3O4S/c1-25(2,3)12-22(29)28-9-8-16-10-15(4-6-19(16)28)18-13-33-24(26-18)27-23(30)17-5-7-20-21(11-17)32-14-31-20/h4-7,10-11,13H,8-9,12,14H2,1-3H3,(H,26,27,30). The summed E-state index contributed by atoms with van der Waals surface area (Å²) in [5, 5.41) is 5.30. The molecule has 0 bridgehead atoms. The highest BCUT2D eigenvalue weighted by atomic mass is 32.1. The maximum absolute atomic E-state index is 12.7. The minimum absolute atomic E-state index is 0.0399. The van der Waals surface area contributed by atoms with Crippen molar-refractivity contribution >= 4 is 34.0 Å². The van der Waals surface area contributed by atoms with Gasteiger partial charge in [0.2, 0.25) is 12.7 Å². The van der Waals surface area contributed by atoms with Gasteiger partial charge in [-0.25, -0.2) is 4.98 Å². The van der Waals surface area contributed by atoms with Crippen molar-refractivity contribution in [3.63, 3.8) is 0 Å². The third-order valence-electron chi connectivity index (χ3n) is 5.61. The van der Waals surface area contributed by atoms with Crippen LogP contribution in [-0.2, 0) is 11.2 Å². The van der Waals surface area contributed by atoms with Crippen LogP contribution in [0.2, 0.25) is 0 Å². The van der Waals surface area contributed by atoms with Gasteiger partial charge in [0.1, 0.15) is 0 Å². The van der Waals surface area contributed by atoms with Crippen LogP contribution in [0.3, 0.4) is 0 Å². The second-order valence-corrected chi connectivity index (χ2v) is 10.3. The topological polar surface area (TPSA) is 80.8 Å². The molecule has 3 aromatic rings. The number of carbonyl (C=O) groups excluding carboxylic acids is 2. The molecule has 2 amide bonds. The number of nitrogens with zero attached hydrogens (tertiary/aromatic N) is 2.